The molecule has 0 radical (unpaired) electrons. The van der Waals surface area contributed by atoms with Crippen molar-refractivity contribution in [2.75, 3.05) is 6.61 Å². The molecule has 4 rings (SSSR count). The van der Waals surface area contributed by atoms with Crippen molar-refractivity contribution in [2.24, 2.45) is 0 Å². The van der Waals surface area contributed by atoms with E-state index < -0.39 is 0 Å². The molecule has 0 spiro atoms. The van der Waals surface area contributed by atoms with Crippen molar-refractivity contribution in [3.05, 3.63) is 65.9 Å². The maximum Gasteiger partial charge on any atom is 0.251 e. The first-order chi connectivity index (χ1) is 12.8. The van der Waals surface area contributed by atoms with Gasteiger partial charge in [0.2, 0.25) is 0 Å². The molecule has 6 nitrogen and oxygen atoms in total. The van der Waals surface area contributed by atoms with Gasteiger partial charge in [-0.15, -0.1) is 0 Å². The third kappa shape index (κ3) is 3.70. The molecule has 1 atom stereocenters. The molecule has 0 saturated carbocycles. The molecule has 3 heterocycles. The predicted molar refractivity (Wildman–Crippen MR) is 97.5 cm³/mol. The topological polar surface area (TPSA) is 77.0 Å². The summed E-state index contributed by atoms with van der Waals surface area (Å²) in [6.07, 6.45) is 8.46. The monoisotopic (exact) mass is 348 g/mol. The Labute approximate surface area is 151 Å². The van der Waals surface area contributed by atoms with Gasteiger partial charge in [0.05, 0.1) is 5.52 Å². The standard InChI is InChI=1S/C20H20N4O2/c25-20(16-6-7-17-15(10-16)4-3-8-21-17)24-13-14-11-22-19(23-12-14)18-5-1-2-9-26-18/h3-4,6-8,10-12,18H,1-2,5,9,13H2,(H,24,25). The fourth-order valence-electron chi connectivity index (χ4n) is 3.07. The van der Waals surface area contributed by atoms with Crippen LogP contribution in [-0.4, -0.2) is 27.5 Å². The Morgan fingerprint density at radius 2 is 2.04 bits per heavy atom. The number of nitrogens with one attached hydrogen (secondary N) is 1. The highest BCUT2D eigenvalue weighted by Gasteiger charge is 2.18. The zero-order valence-corrected chi connectivity index (χ0v) is 14.4. The predicted octanol–water partition coefficient (Wildman–Crippen LogP) is 3.20. The summed E-state index contributed by atoms with van der Waals surface area (Å²) < 4.78 is 5.70. The summed E-state index contributed by atoms with van der Waals surface area (Å²) in [5.74, 6) is 0.595. The second-order valence-corrected chi connectivity index (χ2v) is 6.40. The van der Waals surface area contributed by atoms with Crippen molar-refractivity contribution in [1.82, 2.24) is 20.3 Å². The van der Waals surface area contributed by atoms with Crippen LogP contribution >= 0.6 is 0 Å². The van der Waals surface area contributed by atoms with Crippen LogP contribution in [0.25, 0.3) is 10.9 Å². The number of carbonyl (C=O) groups excluding carboxylic acids is 1. The molecule has 1 unspecified atom stereocenters. The van der Waals surface area contributed by atoms with Crippen LogP contribution in [-0.2, 0) is 11.3 Å². The van der Waals surface area contributed by atoms with Crippen LogP contribution < -0.4 is 5.32 Å². The van der Waals surface area contributed by atoms with Crippen molar-refractivity contribution in [1.29, 1.82) is 0 Å². The van der Waals surface area contributed by atoms with Gasteiger partial charge < -0.3 is 10.1 Å². The molecule has 2 aromatic heterocycles. The number of amides is 1. The molecule has 0 bridgehead atoms. The normalized spacial score (nSPS) is 17.2. The van der Waals surface area contributed by atoms with E-state index in [1.54, 1.807) is 24.7 Å². The summed E-state index contributed by atoms with van der Waals surface area (Å²) >= 11 is 0. The molecule has 1 amide bonds. The van der Waals surface area contributed by atoms with Crippen LogP contribution in [0, 0.1) is 0 Å². The third-order valence-electron chi connectivity index (χ3n) is 4.51. The number of benzene rings is 1. The van der Waals surface area contributed by atoms with Gasteiger partial charge in [0.1, 0.15) is 6.10 Å². The van der Waals surface area contributed by atoms with E-state index in [4.69, 9.17) is 4.74 Å². The molecule has 1 fully saturated rings. The minimum absolute atomic E-state index is 0.00130. The lowest BCUT2D eigenvalue weighted by Crippen LogP contribution is -2.23. The van der Waals surface area contributed by atoms with Gasteiger partial charge in [0.15, 0.2) is 5.82 Å². The number of aromatic nitrogens is 3. The van der Waals surface area contributed by atoms with Gasteiger partial charge in [-0.05, 0) is 43.5 Å². The van der Waals surface area contributed by atoms with E-state index >= 15 is 0 Å². The molecule has 3 aromatic rings. The van der Waals surface area contributed by atoms with E-state index in [1.165, 1.54) is 0 Å². The summed E-state index contributed by atoms with van der Waals surface area (Å²) in [5.41, 5.74) is 2.34. The Balaban J connectivity index is 1.38. The van der Waals surface area contributed by atoms with Crippen molar-refractivity contribution >= 4 is 16.8 Å². The second-order valence-electron chi connectivity index (χ2n) is 6.40. The van der Waals surface area contributed by atoms with Gasteiger partial charge in [-0.2, -0.15) is 0 Å². The zero-order valence-electron chi connectivity index (χ0n) is 14.4. The van der Waals surface area contributed by atoms with E-state index in [0.717, 1.165) is 48.2 Å². The van der Waals surface area contributed by atoms with E-state index in [2.05, 4.69) is 20.3 Å². The molecule has 1 aliphatic rings. The molecular formula is C20H20N4O2. The molecule has 132 valence electrons. The van der Waals surface area contributed by atoms with E-state index in [1.807, 2.05) is 24.3 Å². The molecule has 26 heavy (non-hydrogen) atoms. The van der Waals surface area contributed by atoms with Gasteiger partial charge in [-0.25, -0.2) is 9.97 Å². The SMILES string of the molecule is O=C(NCc1cnc(C2CCCCO2)nc1)c1ccc2ncccc2c1. The highest BCUT2D eigenvalue weighted by Crippen LogP contribution is 2.24. The number of carbonyl (C=O) groups is 1. The first-order valence-corrected chi connectivity index (χ1v) is 8.85. The highest BCUT2D eigenvalue weighted by atomic mass is 16.5. The zero-order chi connectivity index (χ0) is 17.8. The number of hydrogen-bond donors (Lipinski definition) is 1. The quantitative estimate of drug-likeness (QED) is 0.783. The molecule has 0 aliphatic carbocycles. The average molecular weight is 348 g/mol. The third-order valence-corrected chi connectivity index (χ3v) is 4.51. The fourth-order valence-corrected chi connectivity index (χ4v) is 3.07. The lowest BCUT2D eigenvalue weighted by atomic mass is 10.1. The molecule has 1 aliphatic heterocycles. The van der Waals surface area contributed by atoms with E-state index in [0.29, 0.717) is 12.1 Å². The Hall–Kier alpha value is -2.86. The Kier molecular flexibility index (Phi) is 4.84. The minimum atomic E-state index is -0.129. The molecule has 1 aromatic carbocycles. The lowest BCUT2D eigenvalue weighted by molar-refractivity contribution is 0.00940. The number of rotatable bonds is 4. The average Bonchev–Trinajstić information content (AvgIpc) is 2.72. The number of nitrogens with zero attached hydrogens (tertiary/aromatic N) is 3. The Bertz CT molecular complexity index is 905. The molecule has 6 heteroatoms. The largest absolute Gasteiger partial charge is 0.370 e. The first kappa shape index (κ1) is 16.6. The van der Waals surface area contributed by atoms with Gasteiger partial charge in [-0.1, -0.05) is 6.07 Å². The van der Waals surface area contributed by atoms with E-state index in [9.17, 15) is 4.79 Å². The number of ether oxygens (including phenoxy) is 1. The van der Waals surface area contributed by atoms with Gasteiger partial charge in [0.25, 0.3) is 5.91 Å². The fraction of sp³-hybridized carbons (Fsp3) is 0.300. The van der Waals surface area contributed by atoms with Gasteiger partial charge in [-0.3, -0.25) is 9.78 Å². The first-order valence-electron chi connectivity index (χ1n) is 8.85. The number of hydrogen-bond acceptors (Lipinski definition) is 5. The summed E-state index contributed by atoms with van der Waals surface area (Å²) in [4.78, 5) is 25.4. The van der Waals surface area contributed by atoms with Crippen molar-refractivity contribution < 1.29 is 9.53 Å². The van der Waals surface area contributed by atoms with Crippen molar-refractivity contribution in [3.8, 4) is 0 Å². The second kappa shape index (κ2) is 7.58. The summed E-state index contributed by atoms with van der Waals surface area (Å²) in [6, 6.07) is 9.28. The van der Waals surface area contributed by atoms with Crippen molar-refractivity contribution in [3.63, 3.8) is 0 Å². The van der Waals surface area contributed by atoms with Crippen LogP contribution in [0.4, 0.5) is 0 Å². The van der Waals surface area contributed by atoms with Crippen LogP contribution in [0.5, 0.6) is 0 Å². The van der Waals surface area contributed by atoms with Crippen LogP contribution in [0.15, 0.2) is 48.9 Å². The molecule has 1 saturated heterocycles. The maximum absolute atomic E-state index is 12.4. The highest BCUT2D eigenvalue weighted by molar-refractivity contribution is 5.97. The minimum Gasteiger partial charge on any atom is -0.370 e. The van der Waals surface area contributed by atoms with Crippen molar-refractivity contribution in [2.45, 2.75) is 31.9 Å². The summed E-state index contributed by atoms with van der Waals surface area (Å²) in [5, 5.41) is 3.85. The lowest BCUT2D eigenvalue weighted by Gasteiger charge is -2.21. The summed E-state index contributed by atoms with van der Waals surface area (Å²) in [6.45, 7) is 1.16. The van der Waals surface area contributed by atoms with Gasteiger partial charge >= 0.3 is 0 Å². The Morgan fingerprint density at radius 3 is 2.85 bits per heavy atom. The maximum atomic E-state index is 12.4. The number of pyridine rings is 1. The Morgan fingerprint density at radius 1 is 1.15 bits per heavy atom. The summed E-state index contributed by atoms with van der Waals surface area (Å²) in [7, 11) is 0. The molecule has 1 N–H and O–H groups in total. The van der Waals surface area contributed by atoms with E-state index in [-0.39, 0.29) is 12.0 Å². The van der Waals surface area contributed by atoms with Crippen LogP contribution in [0.1, 0.15) is 47.1 Å². The number of fused-ring (bicyclic) bond motifs is 1. The molecular weight excluding hydrogens is 328 g/mol. The smallest absolute Gasteiger partial charge is 0.251 e. The van der Waals surface area contributed by atoms with Gasteiger partial charge in [0, 0.05) is 48.3 Å². The van der Waals surface area contributed by atoms with Crippen LogP contribution in [0.3, 0.4) is 0 Å². The van der Waals surface area contributed by atoms with Crippen LogP contribution in [0.2, 0.25) is 0 Å².